The Kier molecular flexibility index (Phi) is 3.73. The van der Waals surface area contributed by atoms with Crippen LogP contribution >= 0.6 is 38.9 Å². The second-order valence-electron chi connectivity index (χ2n) is 3.78. The number of hydrogen-bond acceptors (Lipinski definition) is 1. The molecule has 0 saturated carbocycles. The van der Waals surface area contributed by atoms with Crippen molar-refractivity contribution in [2.75, 3.05) is 0 Å². The van der Waals surface area contributed by atoms with Crippen molar-refractivity contribution < 1.29 is 0 Å². The van der Waals surface area contributed by atoms with E-state index in [1.165, 1.54) is 15.3 Å². The van der Waals surface area contributed by atoms with Crippen LogP contribution in [0.15, 0.2) is 34.8 Å². The van der Waals surface area contributed by atoms with Crippen LogP contribution in [0.3, 0.4) is 0 Å². The Morgan fingerprint density at radius 3 is 2.31 bits per heavy atom. The van der Waals surface area contributed by atoms with E-state index in [0.29, 0.717) is 0 Å². The van der Waals surface area contributed by atoms with Crippen molar-refractivity contribution in [3.05, 3.63) is 55.7 Å². The van der Waals surface area contributed by atoms with Crippen LogP contribution in [0.2, 0.25) is 0 Å². The largest absolute Gasteiger partial charge is 0.146 e. The molecule has 0 N–H and O–H groups in total. The Bertz CT molecular complexity index is 487. The van der Waals surface area contributed by atoms with Gasteiger partial charge in [0.2, 0.25) is 0 Å². The van der Waals surface area contributed by atoms with Crippen molar-refractivity contribution >= 4 is 38.9 Å². The lowest BCUT2D eigenvalue weighted by molar-refractivity contribution is 1.13. The van der Waals surface area contributed by atoms with E-state index < -0.39 is 0 Å². The molecule has 0 spiro atoms. The highest BCUT2D eigenvalue weighted by molar-refractivity contribution is 9.10. The Labute approximate surface area is 113 Å². The van der Waals surface area contributed by atoms with E-state index in [1.807, 2.05) is 12.1 Å². The zero-order valence-electron chi connectivity index (χ0n) is 9.13. The van der Waals surface area contributed by atoms with Gasteiger partial charge in [-0.05, 0) is 43.2 Å². The first-order chi connectivity index (χ1) is 7.58. The number of rotatable bonds is 2. The topological polar surface area (TPSA) is 0 Å². The molecule has 0 bridgehead atoms. The molecule has 0 aliphatic rings. The molecule has 0 radical (unpaired) electrons. The summed E-state index contributed by atoms with van der Waals surface area (Å²) < 4.78 is 1.08. The fraction of sp³-hybridized carbons (Fsp3) is 0.231. The normalized spacial score (nSPS) is 12.8. The average Bonchev–Trinajstić information content (AvgIpc) is 2.58. The molecule has 2 aromatic rings. The van der Waals surface area contributed by atoms with Gasteiger partial charge < -0.3 is 0 Å². The summed E-state index contributed by atoms with van der Waals surface area (Å²) in [6, 6.07) is 10.4. The van der Waals surface area contributed by atoms with Crippen LogP contribution in [-0.2, 0) is 0 Å². The maximum Gasteiger partial charge on any atom is 0.0846 e. The van der Waals surface area contributed by atoms with E-state index in [9.17, 15) is 0 Å². The van der Waals surface area contributed by atoms with Crippen molar-refractivity contribution in [1.82, 2.24) is 0 Å². The molecule has 1 unspecified atom stereocenters. The van der Waals surface area contributed by atoms with Gasteiger partial charge in [0.1, 0.15) is 0 Å². The second kappa shape index (κ2) is 4.91. The third kappa shape index (κ3) is 2.50. The lowest BCUT2D eigenvalue weighted by atomic mass is 10.1. The third-order valence-electron chi connectivity index (χ3n) is 2.52. The molecule has 1 aromatic carbocycles. The zero-order valence-corrected chi connectivity index (χ0v) is 12.3. The monoisotopic (exact) mass is 314 g/mol. The Morgan fingerprint density at radius 2 is 1.81 bits per heavy atom. The summed E-state index contributed by atoms with van der Waals surface area (Å²) in [4.78, 5) is 2.62. The van der Waals surface area contributed by atoms with Crippen LogP contribution in [0.25, 0.3) is 0 Å². The van der Waals surface area contributed by atoms with Crippen molar-refractivity contribution in [2.24, 2.45) is 0 Å². The Morgan fingerprint density at radius 1 is 1.19 bits per heavy atom. The van der Waals surface area contributed by atoms with Crippen molar-refractivity contribution in [3.8, 4) is 0 Å². The molecular weight excluding hydrogens is 304 g/mol. The van der Waals surface area contributed by atoms with E-state index in [2.05, 4.69) is 48.0 Å². The highest BCUT2D eigenvalue weighted by Gasteiger charge is 2.15. The van der Waals surface area contributed by atoms with Crippen LogP contribution in [0, 0.1) is 13.8 Å². The highest BCUT2D eigenvalue weighted by Crippen LogP contribution is 2.35. The first-order valence-electron chi connectivity index (χ1n) is 5.04. The van der Waals surface area contributed by atoms with Gasteiger partial charge in [-0.1, -0.05) is 28.1 Å². The molecule has 0 saturated heterocycles. The van der Waals surface area contributed by atoms with Gasteiger partial charge in [0, 0.05) is 14.2 Å². The van der Waals surface area contributed by atoms with Gasteiger partial charge in [-0.25, -0.2) is 0 Å². The second-order valence-corrected chi connectivity index (χ2v) is 6.60. The third-order valence-corrected chi connectivity index (χ3v) is 4.51. The quantitative estimate of drug-likeness (QED) is 0.646. The number of hydrogen-bond donors (Lipinski definition) is 0. The minimum atomic E-state index is -0.0435. The molecule has 3 heteroatoms. The Hall–Kier alpha value is -0.310. The van der Waals surface area contributed by atoms with Gasteiger partial charge >= 0.3 is 0 Å². The maximum absolute atomic E-state index is 6.49. The number of aryl methyl sites for hydroxylation is 2. The van der Waals surface area contributed by atoms with E-state index in [4.69, 9.17) is 11.6 Å². The fourth-order valence-corrected chi connectivity index (χ4v) is 3.38. The minimum absolute atomic E-state index is 0.0435. The zero-order chi connectivity index (χ0) is 11.7. The summed E-state index contributed by atoms with van der Waals surface area (Å²) in [5, 5.41) is -0.0435. The molecule has 1 heterocycles. The van der Waals surface area contributed by atoms with Crippen molar-refractivity contribution in [3.63, 3.8) is 0 Å². The smallest absolute Gasteiger partial charge is 0.0846 e. The summed E-state index contributed by atoms with van der Waals surface area (Å²) in [5.74, 6) is 0. The van der Waals surface area contributed by atoms with Gasteiger partial charge in [-0.15, -0.1) is 22.9 Å². The number of alkyl halides is 1. The molecule has 0 nitrogen and oxygen atoms in total. The fourth-order valence-electron chi connectivity index (χ4n) is 1.71. The maximum atomic E-state index is 6.49. The summed E-state index contributed by atoms with van der Waals surface area (Å²) in [6.45, 7) is 4.24. The summed E-state index contributed by atoms with van der Waals surface area (Å²) >= 11 is 11.7. The lowest BCUT2D eigenvalue weighted by Gasteiger charge is -2.09. The predicted molar refractivity (Wildman–Crippen MR) is 75.6 cm³/mol. The molecule has 0 aliphatic heterocycles. The molecular formula is C13H12BrClS. The van der Waals surface area contributed by atoms with Gasteiger partial charge in [0.25, 0.3) is 0 Å². The number of thiophene rings is 1. The van der Waals surface area contributed by atoms with Gasteiger partial charge in [0.05, 0.1) is 5.38 Å². The van der Waals surface area contributed by atoms with Crippen LogP contribution in [0.5, 0.6) is 0 Å². The summed E-state index contributed by atoms with van der Waals surface area (Å²) in [7, 11) is 0. The van der Waals surface area contributed by atoms with Crippen LogP contribution in [0.1, 0.15) is 26.3 Å². The van der Waals surface area contributed by atoms with Crippen molar-refractivity contribution in [1.29, 1.82) is 0 Å². The van der Waals surface area contributed by atoms with Gasteiger partial charge in [-0.2, -0.15) is 0 Å². The van der Waals surface area contributed by atoms with Gasteiger partial charge in [0.15, 0.2) is 0 Å². The first-order valence-corrected chi connectivity index (χ1v) is 7.09. The minimum Gasteiger partial charge on any atom is -0.146 e. The molecule has 84 valence electrons. The standard InChI is InChI=1S/C13H12BrClS/c1-8-7-12(9(2)16-8)13(15)10-3-5-11(14)6-4-10/h3-7,13H,1-2H3. The van der Waals surface area contributed by atoms with E-state index >= 15 is 0 Å². The van der Waals surface area contributed by atoms with Crippen LogP contribution < -0.4 is 0 Å². The molecule has 2 rings (SSSR count). The van der Waals surface area contributed by atoms with Crippen LogP contribution in [0.4, 0.5) is 0 Å². The van der Waals surface area contributed by atoms with Crippen LogP contribution in [-0.4, -0.2) is 0 Å². The van der Waals surface area contributed by atoms with Gasteiger partial charge in [-0.3, -0.25) is 0 Å². The SMILES string of the molecule is Cc1cc(C(Cl)c2ccc(Br)cc2)c(C)s1. The van der Waals surface area contributed by atoms with E-state index in [0.717, 1.165) is 10.0 Å². The molecule has 0 aliphatic carbocycles. The lowest BCUT2D eigenvalue weighted by Crippen LogP contribution is -1.92. The molecule has 1 aromatic heterocycles. The van der Waals surface area contributed by atoms with E-state index in [1.54, 1.807) is 11.3 Å². The van der Waals surface area contributed by atoms with Crippen molar-refractivity contribution in [2.45, 2.75) is 19.2 Å². The highest BCUT2D eigenvalue weighted by atomic mass is 79.9. The average molecular weight is 316 g/mol. The number of benzene rings is 1. The summed E-state index contributed by atoms with van der Waals surface area (Å²) in [5.41, 5.74) is 2.37. The summed E-state index contributed by atoms with van der Waals surface area (Å²) in [6.07, 6.45) is 0. The predicted octanol–water partition coefficient (Wildman–Crippen LogP) is 5.46. The molecule has 0 fully saturated rings. The van der Waals surface area contributed by atoms with E-state index in [-0.39, 0.29) is 5.38 Å². The number of halogens is 2. The molecule has 16 heavy (non-hydrogen) atoms. The first kappa shape index (κ1) is 12.2. The molecule has 0 amide bonds. The molecule has 1 atom stereocenters. The Balaban J connectivity index is 2.35.